The molecule has 0 heterocycles. The summed E-state index contributed by atoms with van der Waals surface area (Å²) in [6.07, 6.45) is 1.38. The zero-order valence-electron chi connectivity index (χ0n) is 19.8. The number of aryl methyl sites for hydroxylation is 1. The van der Waals surface area contributed by atoms with Crippen LogP contribution in [0.15, 0.2) is 84.0 Å². The Hall–Kier alpha value is -4.85. The second-order valence-corrected chi connectivity index (χ2v) is 8.00. The normalized spacial score (nSPS) is 10.8. The number of aromatic hydroxyl groups is 1. The summed E-state index contributed by atoms with van der Waals surface area (Å²) in [7, 11) is 1.49. The van der Waals surface area contributed by atoms with E-state index in [0.717, 1.165) is 16.3 Å². The number of hydrogen-bond acceptors (Lipinski definition) is 6. The topological polar surface area (TPSA) is 109 Å². The number of phenolic OH excluding ortho intramolecular Hbond substituents is 1. The van der Waals surface area contributed by atoms with Crippen LogP contribution < -0.4 is 20.2 Å². The molecule has 0 unspecified atom stereocenters. The lowest BCUT2D eigenvalue weighted by molar-refractivity contribution is -0.118. The van der Waals surface area contributed by atoms with Crippen molar-refractivity contribution in [3.05, 3.63) is 95.6 Å². The van der Waals surface area contributed by atoms with Crippen LogP contribution in [0.3, 0.4) is 0 Å². The van der Waals surface area contributed by atoms with Crippen LogP contribution in [-0.4, -0.2) is 36.9 Å². The van der Waals surface area contributed by atoms with E-state index in [2.05, 4.69) is 15.8 Å². The van der Waals surface area contributed by atoms with Crippen molar-refractivity contribution >= 4 is 34.5 Å². The maximum atomic E-state index is 12.6. The van der Waals surface area contributed by atoms with Crippen molar-refractivity contribution in [2.75, 3.05) is 19.0 Å². The van der Waals surface area contributed by atoms with E-state index in [1.165, 1.54) is 19.4 Å². The van der Waals surface area contributed by atoms with Gasteiger partial charge < -0.3 is 19.9 Å². The number of nitrogens with one attached hydrogen (secondary N) is 2. The van der Waals surface area contributed by atoms with Gasteiger partial charge in [-0.2, -0.15) is 5.10 Å². The van der Waals surface area contributed by atoms with E-state index in [0.29, 0.717) is 22.7 Å². The summed E-state index contributed by atoms with van der Waals surface area (Å²) in [4.78, 5) is 25.0. The van der Waals surface area contributed by atoms with E-state index in [1.54, 1.807) is 24.3 Å². The van der Waals surface area contributed by atoms with Gasteiger partial charge in [-0.25, -0.2) is 5.43 Å². The van der Waals surface area contributed by atoms with Crippen LogP contribution in [0, 0.1) is 6.92 Å². The number of ether oxygens (including phenoxy) is 2. The summed E-state index contributed by atoms with van der Waals surface area (Å²) in [5.74, 6) is -0.359. The molecule has 0 aromatic heterocycles. The zero-order valence-corrected chi connectivity index (χ0v) is 19.8. The Labute approximate surface area is 208 Å². The van der Waals surface area contributed by atoms with Crippen molar-refractivity contribution in [1.82, 2.24) is 5.43 Å². The predicted octanol–water partition coefficient (Wildman–Crippen LogP) is 4.64. The predicted molar refractivity (Wildman–Crippen MR) is 139 cm³/mol. The largest absolute Gasteiger partial charge is 0.507 e. The van der Waals surface area contributed by atoms with Crippen molar-refractivity contribution in [2.24, 2.45) is 5.10 Å². The molecule has 4 rings (SSSR count). The molecule has 0 saturated heterocycles. The summed E-state index contributed by atoms with van der Waals surface area (Å²) in [5.41, 5.74) is 4.75. The summed E-state index contributed by atoms with van der Waals surface area (Å²) in [6, 6.07) is 23.1. The number of methoxy groups -OCH3 is 1. The second-order valence-electron chi connectivity index (χ2n) is 8.00. The van der Waals surface area contributed by atoms with Gasteiger partial charge in [0, 0.05) is 11.3 Å². The summed E-state index contributed by atoms with van der Waals surface area (Å²) >= 11 is 0. The first-order chi connectivity index (χ1) is 17.4. The molecule has 0 spiro atoms. The molecular weight excluding hydrogens is 458 g/mol. The van der Waals surface area contributed by atoms with Gasteiger partial charge in [-0.1, -0.05) is 48.0 Å². The minimum Gasteiger partial charge on any atom is -0.507 e. The molecule has 3 N–H and O–H groups in total. The molecule has 2 amide bonds. The molecular formula is C28H25N3O5. The number of para-hydroxylation sites is 1. The molecule has 0 radical (unpaired) electrons. The lowest BCUT2D eigenvalue weighted by atomic mass is 10.1. The van der Waals surface area contributed by atoms with Gasteiger partial charge in [-0.05, 0) is 54.1 Å². The molecule has 0 atom stereocenters. The van der Waals surface area contributed by atoms with Crippen LogP contribution >= 0.6 is 0 Å². The molecule has 0 aliphatic heterocycles. The van der Waals surface area contributed by atoms with Gasteiger partial charge in [0.25, 0.3) is 11.8 Å². The highest BCUT2D eigenvalue weighted by atomic mass is 16.5. The van der Waals surface area contributed by atoms with Crippen molar-refractivity contribution in [2.45, 2.75) is 6.92 Å². The quantitative estimate of drug-likeness (QED) is 0.250. The number of hydrazone groups is 1. The highest BCUT2D eigenvalue weighted by molar-refractivity contribution is 6.02. The Morgan fingerprint density at radius 3 is 2.42 bits per heavy atom. The first-order valence-electron chi connectivity index (χ1n) is 11.2. The number of amides is 2. The Morgan fingerprint density at radius 1 is 0.972 bits per heavy atom. The fraction of sp³-hybridized carbons (Fsp3) is 0.107. The Kier molecular flexibility index (Phi) is 7.45. The lowest BCUT2D eigenvalue weighted by Gasteiger charge is -2.13. The molecule has 0 fully saturated rings. The Morgan fingerprint density at radius 2 is 1.69 bits per heavy atom. The number of benzene rings is 4. The number of nitrogens with zero attached hydrogens (tertiary/aromatic N) is 1. The van der Waals surface area contributed by atoms with Crippen molar-refractivity contribution in [3.8, 4) is 17.2 Å². The number of fused-ring (bicyclic) bond motifs is 1. The average Bonchev–Trinajstić information content (AvgIpc) is 2.88. The number of carbonyl (C=O) groups excluding carboxylic acids is 2. The van der Waals surface area contributed by atoms with Crippen molar-refractivity contribution in [1.29, 1.82) is 0 Å². The van der Waals surface area contributed by atoms with Crippen molar-refractivity contribution in [3.63, 3.8) is 0 Å². The van der Waals surface area contributed by atoms with Crippen LogP contribution in [0.4, 0.5) is 5.69 Å². The standard InChI is InChI=1S/C28H25N3O5/c1-18-10-12-22(13-11-18)30-26(33)17-36-27-21(8-5-9-25(27)35-2)16-29-31-28(34)23-14-19-6-3-4-7-20(19)15-24(23)32/h3-16,32H,17H2,1-2H3,(H,30,33)(H,31,34). The van der Waals surface area contributed by atoms with Gasteiger partial charge in [-0.15, -0.1) is 0 Å². The SMILES string of the molecule is COc1cccc(C=NNC(=O)c2cc3ccccc3cc2O)c1OCC(=O)Nc1ccc(C)cc1. The van der Waals surface area contributed by atoms with E-state index < -0.39 is 5.91 Å². The van der Waals surface area contributed by atoms with Crippen LogP contribution in [0.1, 0.15) is 21.5 Å². The highest BCUT2D eigenvalue weighted by Gasteiger charge is 2.14. The number of anilines is 1. The maximum Gasteiger partial charge on any atom is 0.275 e. The van der Waals surface area contributed by atoms with E-state index >= 15 is 0 Å². The van der Waals surface area contributed by atoms with Crippen LogP contribution in [0.2, 0.25) is 0 Å². The zero-order chi connectivity index (χ0) is 25.5. The molecule has 4 aromatic carbocycles. The van der Waals surface area contributed by atoms with E-state index in [1.807, 2.05) is 55.5 Å². The first kappa shape index (κ1) is 24.3. The number of carbonyl (C=O) groups is 2. The van der Waals surface area contributed by atoms with Gasteiger partial charge in [0.2, 0.25) is 0 Å². The van der Waals surface area contributed by atoms with Gasteiger partial charge in [0.1, 0.15) is 5.75 Å². The highest BCUT2D eigenvalue weighted by Crippen LogP contribution is 2.30. The Bertz CT molecular complexity index is 1430. The van der Waals surface area contributed by atoms with Gasteiger partial charge in [-0.3, -0.25) is 9.59 Å². The lowest BCUT2D eigenvalue weighted by Crippen LogP contribution is -2.21. The fourth-order valence-electron chi connectivity index (χ4n) is 3.55. The van der Waals surface area contributed by atoms with Crippen LogP contribution in [0.25, 0.3) is 10.8 Å². The smallest absolute Gasteiger partial charge is 0.275 e. The van der Waals surface area contributed by atoms with Gasteiger partial charge in [0.05, 0.1) is 18.9 Å². The number of rotatable bonds is 8. The molecule has 8 nitrogen and oxygen atoms in total. The van der Waals surface area contributed by atoms with Crippen LogP contribution in [-0.2, 0) is 4.79 Å². The molecule has 8 heteroatoms. The minimum atomic E-state index is -0.572. The average molecular weight is 484 g/mol. The summed E-state index contributed by atoms with van der Waals surface area (Å²) in [5, 5.41) is 18.7. The number of hydrogen-bond donors (Lipinski definition) is 3. The third kappa shape index (κ3) is 5.79. The third-order valence-electron chi connectivity index (χ3n) is 5.39. The minimum absolute atomic E-state index is 0.0979. The first-order valence-corrected chi connectivity index (χ1v) is 11.2. The Balaban J connectivity index is 1.45. The molecule has 0 bridgehead atoms. The molecule has 4 aromatic rings. The monoisotopic (exact) mass is 483 g/mol. The number of phenols is 1. The summed E-state index contributed by atoms with van der Waals surface area (Å²) < 4.78 is 11.1. The molecule has 0 aliphatic carbocycles. The van der Waals surface area contributed by atoms with E-state index in [4.69, 9.17) is 9.47 Å². The third-order valence-corrected chi connectivity index (χ3v) is 5.39. The van der Waals surface area contributed by atoms with Crippen LogP contribution in [0.5, 0.6) is 17.2 Å². The van der Waals surface area contributed by atoms with Gasteiger partial charge in [0.15, 0.2) is 18.1 Å². The maximum absolute atomic E-state index is 12.6. The summed E-state index contributed by atoms with van der Waals surface area (Å²) in [6.45, 7) is 1.71. The molecule has 182 valence electrons. The van der Waals surface area contributed by atoms with Crippen molar-refractivity contribution < 1.29 is 24.2 Å². The fourth-order valence-corrected chi connectivity index (χ4v) is 3.55. The molecule has 0 aliphatic rings. The van der Waals surface area contributed by atoms with E-state index in [9.17, 15) is 14.7 Å². The second kappa shape index (κ2) is 11.1. The molecule has 36 heavy (non-hydrogen) atoms. The van der Waals surface area contributed by atoms with Gasteiger partial charge >= 0.3 is 0 Å². The van der Waals surface area contributed by atoms with E-state index in [-0.39, 0.29) is 23.8 Å². The molecule has 0 saturated carbocycles.